The molecule has 0 radical (unpaired) electrons. The predicted molar refractivity (Wildman–Crippen MR) is 90.3 cm³/mol. The highest BCUT2D eigenvalue weighted by Crippen LogP contribution is 2.21. The summed E-state index contributed by atoms with van der Waals surface area (Å²) in [6.45, 7) is 4.19. The summed E-state index contributed by atoms with van der Waals surface area (Å²) in [5, 5.41) is 2.30. The van der Waals surface area contributed by atoms with E-state index in [2.05, 4.69) is 10.2 Å². The number of benzene rings is 2. The molecule has 0 saturated carbocycles. The third-order valence-corrected chi connectivity index (χ3v) is 4.24. The van der Waals surface area contributed by atoms with Crippen molar-refractivity contribution in [2.75, 3.05) is 36.4 Å². The summed E-state index contributed by atoms with van der Waals surface area (Å²) in [6.07, 6.45) is 0. The van der Waals surface area contributed by atoms with Gasteiger partial charge in [-0.3, -0.25) is 0 Å². The summed E-state index contributed by atoms with van der Waals surface area (Å²) in [7, 11) is 0. The van der Waals surface area contributed by atoms with Gasteiger partial charge in [0.25, 0.3) is 0 Å². The lowest BCUT2D eigenvalue weighted by Gasteiger charge is -2.36. The lowest BCUT2D eigenvalue weighted by Crippen LogP contribution is -2.50. The van der Waals surface area contributed by atoms with E-state index in [0.29, 0.717) is 26.2 Å². The largest absolute Gasteiger partial charge is 0.368 e. The van der Waals surface area contributed by atoms with Crippen molar-refractivity contribution in [2.45, 2.75) is 6.92 Å². The number of hydrogen-bond acceptors (Lipinski definition) is 2. The number of amides is 2. The van der Waals surface area contributed by atoms with Crippen molar-refractivity contribution in [3.05, 3.63) is 59.4 Å². The minimum Gasteiger partial charge on any atom is -0.368 e. The number of urea groups is 1. The van der Waals surface area contributed by atoms with E-state index in [1.807, 2.05) is 31.2 Å². The average Bonchev–Trinajstić information content (AvgIpc) is 2.63. The molecule has 132 valence electrons. The molecular weight excluding hydrogens is 331 g/mol. The predicted octanol–water partition coefficient (Wildman–Crippen LogP) is 3.77. The van der Waals surface area contributed by atoms with Crippen LogP contribution >= 0.6 is 0 Å². The van der Waals surface area contributed by atoms with E-state index in [9.17, 15) is 18.0 Å². The van der Waals surface area contributed by atoms with Crippen molar-refractivity contribution in [2.24, 2.45) is 0 Å². The molecule has 2 amide bonds. The van der Waals surface area contributed by atoms with Crippen LogP contribution in [0.2, 0.25) is 0 Å². The topological polar surface area (TPSA) is 35.6 Å². The molecular formula is C18H18F3N3O. The van der Waals surface area contributed by atoms with Crippen LogP contribution in [0.15, 0.2) is 36.4 Å². The Bertz CT molecular complexity index is 772. The molecule has 7 heteroatoms. The molecule has 0 unspecified atom stereocenters. The van der Waals surface area contributed by atoms with E-state index in [0.717, 1.165) is 17.8 Å². The van der Waals surface area contributed by atoms with E-state index in [1.165, 1.54) is 10.5 Å². The summed E-state index contributed by atoms with van der Waals surface area (Å²) in [5.41, 5.74) is 1.89. The first-order valence-electron chi connectivity index (χ1n) is 7.97. The lowest BCUT2D eigenvalue weighted by molar-refractivity contribution is 0.208. The molecule has 0 spiro atoms. The van der Waals surface area contributed by atoms with Crippen LogP contribution in [-0.2, 0) is 0 Å². The summed E-state index contributed by atoms with van der Waals surface area (Å²) < 4.78 is 39.8. The molecule has 1 N–H and O–H groups in total. The first-order chi connectivity index (χ1) is 12.0. The van der Waals surface area contributed by atoms with Crippen molar-refractivity contribution in [3.63, 3.8) is 0 Å². The van der Waals surface area contributed by atoms with Crippen LogP contribution in [0.5, 0.6) is 0 Å². The van der Waals surface area contributed by atoms with E-state index in [-0.39, 0.29) is 5.69 Å². The molecule has 0 bridgehead atoms. The van der Waals surface area contributed by atoms with Crippen molar-refractivity contribution in [3.8, 4) is 0 Å². The minimum absolute atomic E-state index is 0.370. The van der Waals surface area contributed by atoms with Crippen LogP contribution in [0.1, 0.15) is 5.56 Å². The molecule has 1 aliphatic heterocycles. The van der Waals surface area contributed by atoms with Crippen LogP contribution in [0.4, 0.5) is 29.3 Å². The number of nitrogens with one attached hydrogen (secondary N) is 1. The number of carbonyl (C=O) groups is 1. The molecule has 0 aliphatic carbocycles. The molecule has 0 atom stereocenters. The Morgan fingerprint density at radius 1 is 0.920 bits per heavy atom. The van der Waals surface area contributed by atoms with Gasteiger partial charge in [0.2, 0.25) is 0 Å². The van der Waals surface area contributed by atoms with Crippen LogP contribution < -0.4 is 10.2 Å². The van der Waals surface area contributed by atoms with Gasteiger partial charge in [0.15, 0.2) is 17.5 Å². The number of nitrogens with zero attached hydrogens (tertiary/aromatic N) is 2. The fourth-order valence-electron chi connectivity index (χ4n) is 2.74. The number of halogens is 3. The average molecular weight is 349 g/mol. The summed E-state index contributed by atoms with van der Waals surface area (Å²) in [4.78, 5) is 15.9. The summed E-state index contributed by atoms with van der Waals surface area (Å²) in [5.74, 6) is -4.28. The highest BCUT2D eigenvalue weighted by molar-refractivity contribution is 5.89. The molecule has 1 saturated heterocycles. The quantitative estimate of drug-likeness (QED) is 0.838. The molecule has 0 aromatic heterocycles. The third-order valence-electron chi connectivity index (χ3n) is 4.24. The number of piperazine rings is 1. The van der Waals surface area contributed by atoms with Crippen LogP contribution in [0, 0.1) is 24.4 Å². The van der Waals surface area contributed by atoms with Gasteiger partial charge in [-0.05, 0) is 31.2 Å². The minimum atomic E-state index is -1.60. The normalized spacial score (nSPS) is 14.6. The Morgan fingerprint density at radius 3 is 2.20 bits per heavy atom. The maximum atomic E-state index is 13.6. The van der Waals surface area contributed by atoms with E-state index < -0.39 is 23.5 Å². The van der Waals surface area contributed by atoms with Crippen LogP contribution in [0.3, 0.4) is 0 Å². The second-order valence-corrected chi connectivity index (χ2v) is 5.96. The van der Waals surface area contributed by atoms with Crippen molar-refractivity contribution < 1.29 is 18.0 Å². The lowest BCUT2D eigenvalue weighted by atomic mass is 10.2. The number of hydrogen-bond donors (Lipinski definition) is 1. The second kappa shape index (κ2) is 7.04. The number of aryl methyl sites for hydroxylation is 1. The standard InChI is InChI=1S/C18H18F3N3O/c1-12-2-4-13(5-3-12)23-8-10-24(11-9-23)18(25)22-15-7-6-14(19)16(20)17(15)21/h2-7H,8-11H2,1H3,(H,22,25). The van der Waals surface area contributed by atoms with Crippen LogP contribution in [0.25, 0.3) is 0 Å². The van der Waals surface area contributed by atoms with Gasteiger partial charge in [0.05, 0.1) is 5.69 Å². The first kappa shape index (κ1) is 17.1. The molecule has 2 aromatic rings. The molecule has 3 rings (SSSR count). The molecule has 4 nitrogen and oxygen atoms in total. The highest BCUT2D eigenvalue weighted by atomic mass is 19.2. The van der Waals surface area contributed by atoms with E-state index in [4.69, 9.17) is 0 Å². The van der Waals surface area contributed by atoms with Crippen molar-refractivity contribution in [1.29, 1.82) is 0 Å². The van der Waals surface area contributed by atoms with Gasteiger partial charge >= 0.3 is 6.03 Å². The fraction of sp³-hybridized carbons (Fsp3) is 0.278. The zero-order chi connectivity index (χ0) is 18.0. The number of carbonyl (C=O) groups excluding carboxylic acids is 1. The number of rotatable bonds is 2. The Hall–Kier alpha value is -2.70. The first-order valence-corrected chi connectivity index (χ1v) is 7.97. The van der Waals surface area contributed by atoms with E-state index in [1.54, 1.807) is 0 Å². The van der Waals surface area contributed by atoms with Gasteiger partial charge in [0, 0.05) is 31.9 Å². The fourth-order valence-corrected chi connectivity index (χ4v) is 2.74. The molecule has 2 aromatic carbocycles. The molecule has 1 heterocycles. The Balaban J connectivity index is 1.60. The molecule has 1 fully saturated rings. The maximum Gasteiger partial charge on any atom is 0.322 e. The Kier molecular flexibility index (Phi) is 4.83. The molecule has 25 heavy (non-hydrogen) atoms. The monoisotopic (exact) mass is 349 g/mol. The summed E-state index contributed by atoms with van der Waals surface area (Å²) in [6, 6.07) is 9.37. The zero-order valence-electron chi connectivity index (χ0n) is 13.7. The van der Waals surface area contributed by atoms with Gasteiger partial charge in [-0.1, -0.05) is 17.7 Å². The highest BCUT2D eigenvalue weighted by Gasteiger charge is 2.23. The maximum absolute atomic E-state index is 13.6. The Morgan fingerprint density at radius 2 is 1.56 bits per heavy atom. The molecule has 1 aliphatic rings. The van der Waals surface area contributed by atoms with Gasteiger partial charge in [-0.2, -0.15) is 0 Å². The smallest absolute Gasteiger partial charge is 0.322 e. The van der Waals surface area contributed by atoms with Crippen molar-refractivity contribution >= 4 is 17.4 Å². The van der Waals surface area contributed by atoms with Gasteiger partial charge in [0.1, 0.15) is 0 Å². The van der Waals surface area contributed by atoms with Crippen LogP contribution in [-0.4, -0.2) is 37.1 Å². The van der Waals surface area contributed by atoms with Crippen molar-refractivity contribution in [1.82, 2.24) is 4.90 Å². The zero-order valence-corrected chi connectivity index (χ0v) is 13.7. The van der Waals surface area contributed by atoms with Gasteiger partial charge in [-0.25, -0.2) is 18.0 Å². The second-order valence-electron chi connectivity index (χ2n) is 5.96. The summed E-state index contributed by atoms with van der Waals surface area (Å²) >= 11 is 0. The Labute approximate surface area is 143 Å². The van der Waals surface area contributed by atoms with E-state index >= 15 is 0 Å². The van der Waals surface area contributed by atoms with Gasteiger partial charge in [-0.15, -0.1) is 0 Å². The number of anilines is 2. The van der Waals surface area contributed by atoms with Gasteiger partial charge < -0.3 is 15.1 Å². The SMILES string of the molecule is Cc1ccc(N2CCN(C(=O)Nc3ccc(F)c(F)c3F)CC2)cc1. The third kappa shape index (κ3) is 3.70.